The van der Waals surface area contributed by atoms with Gasteiger partial charge in [-0.05, 0) is 25.0 Å². The number of para-hydroxylation sites is 2. The van der Waals surface area contributed by atoms with E-state index < -0.39 is 0 Å². The number of β-amino-alcohol motifs (C(OH)–C–C–N with tert-alkyl or cyclic N) is 1. The maximum Gasteiger partial charge on any atom is 0.239 e. The van der Waals surface area contributed by atoms with Crippen LogP contribution in [0.3, 0.4) is 0 Å². The summed E-state index contributed by atoms with van der Waals surface area (Å²) in [6.07, 6.45) is 3.27. The summed E-state index contributed by atoms with van der Waals surface area (Å²) in [5, 5.41) is 10.1. The van der Waals surface area contributed by atoms with Crippen molar-refractivity contribution in [1.29, 1.82) is 0 Å². The zero-order valence-electron chi connectivity index (χ0n) is 15.7. The van der Waals surface area contributed by atoms with Gasteiger partial charge >= 0.3 is 0 Å². The minimum Gasteiger partial charge on any atom is -0.391 e. The fourth-order valence-corrected chi connectivity index (χ4v) is 3.92. The summed E-state index contributed by atoms with van der Waals surface area (Å²) >= 11 is 0. The van der Waals surface area contributed by atoms with E-state index in [1.165, 1.54) is 0 Å². The molecular formula is C20H24N6O2. The number of ether oxygens (including phenoxy) is 1. The van der Waals surface area contributed by atoms with Gasteiger partial charge in [0.05, 0.1) is 30.4 Å². The van der Waals surface area contributed by atoms with E-state index >= 15 is 0 Å². The van der Waals surface area contributed by atoms with Gasteiger partial charge in [0.1, 0.15) is 18.0 Å². The van der Waals surface area contributed by atoms with E-state index in [-0.39, 0.29) is 6.10 Å². The van der Waals surface area contributed by atoms with Crippen LogP contribution in [0.2, 0.25) is 0 Å². The Morgan fingerprint density at radius 2 is 1.79 bits per heavy atom. The molecule has 1 N–H and O–H groups in total. The lowest BCUT2D eigenvalue weighted by Gasteiger charge is -2.33. The molecule has 8 heteroatoms. The minimum atomic E-state index is -0.312. The van der Waals surface area contributed by atoms with E-state index in [0.717, 1.165) is 55.1 Å². The van der Waals surface area contributed by atoms with E-state index in [4.69, 9.17) is 14.7 Å². The largest absolute Gasteiger partial charge is 0.391 e. The Hall–Kier alpha value is -2.71. The highest BCUT2D eigenvalue weighted by atomic mass is 16.5. The van der Waals surface area contributed by atoms with Gasteiger partial charge in [0.25, 0.3) is 0 Å². The highest BCUT2D eigenvalue weighted by molar-refractivity contribution is 5.76. The SMILES string of the molecule is OC1CCCN(c2cc(N3CCOCC3)nc(-n3cnc4ccccc43)n2)C1. The number of hydrogen-bond acceptors (Lipinski definition) is 7. The first-order valence-electron chi connectivity index (χ1n) is 9.85. The topological polar surface area (TPSA) is 79.5 Å². The molecule has 28 heavy (non-hydrogen) atoms. The lowest BCUT2D eigenvalue weighted by Crippen LogP contribution is -2.40. The van der Waals surface area contributed by atoms with Crippen LogP contribution in [-0.2, 0) is 4.74 Å². The van der Waals surface area contributed by atoms with E-state index in [1.54, 1.807) is 6.33 Å². The lowest BCUT2D eigenvalue weighted by molar-refractivity contribution is 0.122. The summed E-state index contributed by atoms with van der Waals surface area (Å²) in [6.45, 7) is 4.51. The third-order valence-electron chi connectivity index (χ3n) is 5.41. The number of aliphatic hydroxyl groups excluding tert-OH is 1. The zero-order valence-corrected chi connectivity index (χ0v) is 15.7. The van der Waals surface area contributed by atoms with Crippen LogP contribution in [0.15, 0.2) is 36.7 Å². The molecule has 2 aliphatic heterocycles. The van der Waals surface area contributed by atoms with Crippen LogP contribution in [0.5, 0.6) is 0 Å². The molecule has 1 atom stereocenters. The summed E-state index contributed by atoms with van der Waals surface area (Å²) in [5.41, 5.74) is 1.89. The Morgan fingerprint density at radius 3 is 2.61 bits per heavy atom. The van der Waals surface area contributed by atoms with E-state index in [0.29, 0.717) is 25.7 Å². The zero-order chi connectivity index (χ0) is 18.9. The first kappa shape index (κ1) is 17.4. The number of benzene rings is 1. The Morgan fingerprint density at radius 1 is 1.00 bits per heavy atom. The molecule has 0 spiro atoms. The third-order valence-corrected chi connectivity index (χ3v) is 5.41. The van der Waals surface area contributed by atoms with E-state index in [1.807, 2.05) is 34.9 Å². The maximum atomic E-state index is 10.1. The van der Waals surface area contributed by atoms with Crippen molar-refractivity contribution in [2.75, 3.05) is 49.2 Å². The molecule has 2 fully saturated rings. The average molecular weight is 380 g/mol. The number of hydrogen-bond donors (Lipinski definition) is 1. The molecule has 146 valence electrons. The van der Waals surface area contributed by atoms with Crippen LogP contribution in [0, 0.1) is 0 Å². The van der Waals surface area contributed by atoms with Crippen molar-refractivity contribution in [2.24, 2.45) is 0 Å². The number of fused-ring (bicyclic) bond motifs is 1. The van der Waals surface area contributed by atoms with Crippen molar-refractivity contribution in [1.82, 2.24) is 19.5 Å². The summed E-state index contributed by atoms with van der Waals surface area (Å²) in [4.78, 5) is 18.6. The van der Waals surface area contributed by atoms with Crippen LogP contribution in [0.1, 0.15) is 12.8 Å². The summed E-state index contributed by atoms with van der Waals surface area (Å²) in [7, 11) is 0. The standard InChI is InChI=1S/C20H24N6O2/c27-15-4-3-7-25(13-15)19-12-18(24-8-10-28-11-9-24)22-20(23-19)26-14-21-16-5-1-2-6-17(16)26/h1-2,5-6,12,14-15,27H,3-4,7-11,13H2. The summed E-state index contributed by atoms with van der Waals surface area (Å²) in [6, 6.07) is 10.0. The number of rotatable bonds is 3. The molecule has 2 saturated heterocycles. The normalized spacial score (nSPS) is 20.7. The van der Waals surface area contributed by atoms with Gasteiger partial charge in [-0.15, -0.1) is 0 Å². The molecule has 0 saturated carbocycles. The number of piperidine rings is 1. The maximum absolute atomic E-state index is 10.1. The Labute approximate surface area is 163 Å². The number of nitrogens with zero attached hydrogens (tertiary/aromatic N) is 6. The number of morpholine rings is 1. The molecule has 0 bridgehead atoms. The van der Waals surface area contributed by atoms with Gasteiger partial charge in [0.15, 0.2) is 0 Å². The fraction of sp³-hybridized carbons (Fsp3) is 0.450. The van der Waals surface area contributed by atoms with Crippen LogP contribution in [0.4, 0.5) is 11.6 Å². The molecule has 0 amide bonds. The molecule has 4 heterocycles. The molecule has 8 nitrogen and oxygen atoms in total. The predicted molar refractivity (Wildman–Crippen MR) is 107 cm³/mol. The number of anilines is 2. The number of imidazole rings is 1. The molecule has 0 radical (unpaired) electrons. The Kier molecular flexibility index (Phi) is 4.58. The second kappa shape index (κ2) is 7.37. The van der Waals surface area contributed by atoms with Crippen molar-refractivity contribution >= 4 is 22.7 Å². The molecule has 5 rings (SSSR count). The highest BCUT2D eigenvalue weighted by Crippen LogP contribution is 2.26. The van der Waals surface area contributed by atoms with Crippen LogP contribution < -0.4 is 9.80 Å². The van der Waals surface area contributed by atoms with Crippen LogP contribution in [0.25, 0.3) is 17.0 Å². The first-order valence-corrected chi connectivity index (χ1v) is 9.85. The van der Waals surface area contributed by atoms with Gasteiger partial charge < -0.3 is 19.6 Å². The molecular weight excluding hydrogens is 356 g/mol. The summed E-state index contributed by atoms with van der Waals surface area (Å²) < 4.78 is 7.43. The van der Waals surface area contributed by atoms with Crippen LogP contribution >= 0.6 is 0 Å². The molecule has 2 aromatic heterocycles. The van der Waals surface area contributed by atoms with Crippen LogP contribution in [-0.4, -0.2) is 70.1 Å². The van der Waals surface area contributed by atoms with Gasteiger partial charge in [-0.3, -0.25) is 4.57 Å². The number of aliphatic hydroxyl groups is 1. The van der Waals surface area contributed by atoms with Crippen molar-refractivity contribution in [3.8, 4) is 5.95 Å². The second-order valence-corrected chi connectivity index (χ2v) is 7.33. The third kappa shape index (κ3) is 3.29. The molecule has 3 aromatic rings. The van der Waals surface area contributed by atoms with E-state index in [9.17, 15) is 5.11 Å². The Balaban J connectivity index is 1.60. The first-order chi connectivity index (χ1) is 13.8. The van der Waals surface area contributed by atoms with Crippen molar-refractivity contribution < 1.29 is 9.84 Å². The van der Waals surface area contributed by atoms with Gasteiger partial charge in [0, 0.05) is 32.2 Å². The van der Waals surface area contributed by atoms with Crippen molar-refractivity contribution in [2.45, 2.75) is 18.9 Å². The lowest BCUT2D eigenvalue weighted by atomic mass is 10.1. The molecule has 0 aliphatic carbocycles. The van der Waals surface area contributed by atoms with Crippen molar-refractivity contribution in [3.63, 3.8) is 0 Å². The summed E-state index contributed by atoms with van der Waals surface area (Å²) in [5.74, 6) is 2.34. The van der Waals surface area contributed by atoms with Gasteiger partial charge in [-0.1, -0.05) is 12.1 Å². The molecule has 1 unspecified atom stereocenters. The average Bonchev–Trinajstić information content (AvgIpc) is 3.18. The quantitative estimate of drug-likeness (QED) is 0.739. The molecule has 2 aliphatic rings. The van der Waals surface area contributed by atoms with Gasteiger partial charge in [0.2, 0.25) is 5.95 Å². The van der Waals surface area contributed by atoms with Gasteiger partial charge in [-0.25, -0.2) is 4.98 Å². The highest BCUT2D eigenvalue weighted by Gasteiger charge is 2.23. The predicted octanol–water partition coefficient (Wildman–Crippen LogP) is 1.61. The van der Waals surface area contributed by atoms with Gasteiger partial charge in [-0.2, -0.15) is 9.97 Å². The van der Waals surface area contributed by atoms with Crippen molar-refractivity contribution in [3.05, 3.63) is 36.7 Å². The second-order valence-electron chi connectivity index (χ2n) is 7.33. The smallest absolute Gasteiger partial charge is 0.239 e. The fourth-order valence-electron chi connectivity index (χ4n) is 3.92. The minimum absolute atomic E-state index is 0.312. The van der Waals surface area contributed by atoms with E-state index in [2.05, 4.69) is 14.8 Å². The molecule has 1 aromatic carbocycles. The monoisotopic (exact) mass is 380 g/mol. The number of aromatic nitrogens is 4. The Bertz CT molecular complexity index is 968.